The molecule has 0 bridgehead atoms. The summed E-state index contributed by atoms with van der Waals surface area (Å²) in [5.41, 5.74) is 8.63. The van der Waals surface area contributed by atoms with E-state index in [1.807, 2.05) is 30.0 Å². The average molecular weight is 275 g/mol. The Morgan fingerprint density at radius 2 is 1.95 bits per heavy atom. The molecule has 0 radical (unpaired) electrons. The van der Waals surface area contributed by atoms with Gasteiger partial charge >= 0.3 is 0 Å². The van der Waals surface area contributed by atoms with Gasteiger partial charge < -0.3 is 10.7 Å². The van der Waals surface area contributed by atoms with Gasteiger partial charge in [0.25, 0.3) is 0 Å². The number of imidazole rings is 1. The first kappa shape index (κ1) is 12.9. The normalized spacial score (nSPS) is 27.8. The summed E-state index contributed by atoms with van der Waals surface area (Å²) in [6, 6.07) is 5.85. The number of nitrogens with one attached hydrogen (secondary N) is 1. The van der Waals surface area contributed by atoms with Crippen molar-refractivity contribution in [3.63, 3.8) is 0 Å². The van der Waals surface area contributed by atoms with E-state index in [0.29, 0.717) is 5.25 Å². The van der Waals surface area contributed by atoms with E-state index in [0.717, 1.165) is 33.7 Å². The van der Waals surface area contributed by atoms with E-state index < -0.39 is 0 Å². The van der Waals surface area contributed by atoms with E-state index >= 15 is 0 Å². The van der Waals surface area contributed by atoms with Gasteiger partial charge in [0.2, 0.25) is 0 Å². The van der Waals surface area contributed by atoms with Gasteiger partial charge in [-0.25, -0.2) is 4.98 Å². The highest BCUT2D eigenvalue weighted by molar-refractivity contribution is 7.99. The van der Waals surface area contributed by atoms with Crippen LogP contribution in [-0.2, 0) is 0 Å². The predicted octanol–water partition coefficient (Wildman–Crippen LogP) is 4.06. The molecule has 4 heteroatoms. The first-order valence-corrected chi connectivity index (χ1v) is 7.90. The number of rotatable bonds is 2. The molecule has 0 aliphatic heterocycles. The summed E-state index contributed by atoms with van der Waals surface area (Å²) in [6.07, 6.45) is 3.97. The summed E-state index contributed by atoms with van der Waals surface area (Å²) in [5.74, 6) is 1.67. The number of nitrogens with two attached hydrogens (primary N) is 1. The second kappa shape index (κ2) is 5.08. The number of thioether (sulfide) groups is 1. The maximum absolute atomic E-state index is 5.80. The molecule has 2 unspecified atom stereocenters. The van der Waals surface area contributed by atoms with Gasteiger partial charge in [0.1, 0.15) is 0 Å². The largest absolute Gasteiger partial charge is 0.399 e. The topological polar surface area (TPSA) is 54.7 Å². The van der Waals surface area contributed by atoms with Crippen molar-refractivity contribution in [1.82, 2.24) is 9.97 Å². The van der Waals surface area contributed by atoms with Gasteiger partial charge in [0.05, 0.1) is 11.0 Å². The first-order valence-electron chi connectivity index (χ1n) is 7.02. The van der Waals surface area contributed by atoms with E-state index in [9.17, 15) is 0 Å². The van der Waals surface area contributed by atoms with Gasteiger partial charge in [0.15, 0.2) is 5.16 Å². The smallest absolute Gasteiger partial charge is 0.166 e. The van der Waals surface area contributed by atoms with Crippen molar-refractivity contribution >= 4 is 28.5 Å². The van der Waals surface area contributed by atoms with Crippen LogP contribution in [0.5, 0.6) is 0 Å². The quantitative estimate of drug-likeness (QED) is 0.813. The zero-order valence-electron chi connectivity index (χ0n) is 11.5. The maximum Gasteiger partial charge on any atom is 0.166 e. The van der Waals surface area contributed by atoms with Crippen LogP contribution in [0.2, 0.25) is 0 Å². The Bertz CT molecular complexity index is 568. The van der Waals surface area contributed by atoms with Crippen LogP contribution in [0.25, 0.3) is 11.0 Å². The molecule has 2 aromatic rings. The van der Waals surface area contributed by atoms with Crippen LogP contribution >= 0.6 is 11.8 Å². The standard InChI is InChI=1S/C15H21N3S/c1-9-5-10(2)7-12(6-9)19-15-17-13-4-3-11(16)8-14(13)18-15/h3-4,8-10,12H,5-7,16H2,1-2H3,(H,17,18). The zero-order valence-corrected chi connectivity index (χ0v) is 12.3. The van der Waals surface area contributed by atoms with Crippen LogP contribution in [0.3, 0.4) is 0 Å². The number of nitrogens with zero attached hydrogens (tertiary/aromatic N) is 1. The van der Waals surface area contributed by atoms with Crippen molar-refractivity contribution < 1.29 is 0 Å². The molecule has 1 saturated carbocycles. The minimum atomic E-state index is 0.691. The number of aromatic amines is 1. The van der Waals surface area contributed by atoms with Crippen LogP contribution in [-0.4, -0.2) is 15.2 Å². The summed E-state index contributed by atoms with van der Waals surface area (Å²) in [5, 5.41) is 1.73. The fourth-order valence-electron chi connectivity index (χ4n) is 3.19. The molecule has 1 heterocycles. The fraction of sp³-hybridized carbons (Fsp3) is 0.533. The Hall–Kier alpha value is -1.16. The second-order valence-corrected chi connectivity index (χ2v) is 7.26. The van der Waals surface area contributed by atoms with Crippen molar-refractivity contribution in [2.75, 3.05) is 5.73 Å². The van der Waals surface area contributed by atoms with E-state index in [-0.39, 0.29) is 0 Å². The summed E-state index contributed by atoms with van der Waals surface area (Å²) in [6.45, 7) is 4.73. The number of hydrogen-bond donors (Lipinski definition) is 2. The third kappa shape index (κ3) is 2.89. The Kier molecular flexibility index (Phi) is 3.44. The number of hydrogen-bond acceptors (Lipinski definition) is 3. The van der Waals surface area contributed by atoms with E-state index in [1.54, 1.807) is 0 Å². The van der Waals surface area contributed by atoms with Crippen molar-refractivity contribution in [3.05, 3.63) is 18.2 Å². The van der Waals surface area contributed by atoms with Crippen molar-refractivity contribution in [2.45, 2.75) is 43.5 Å². The SMILES string of the molecule is CC1CC(C)CC(Sc2nc3ccc(N)cc3[nH]2)C1. The number of H-pyrrole nitrogens is 1. The van der Waals surface area contributed by atoms with Gasteiger partial charge in [-0.3, -0.25) is 0 Å². The monoisotopic (exact) mass is 275 g/mol. The number of aromatic nitrogens is 2. The first-order chi connectivity index (χ1) is 9.10. The molecule has 3 nitrogen and oxygen atoms in total. The molecule has 1 aromatic heterocycles. The van der Waals surface area contributed by atoms with Gasteiger partial charge in [-0.2, -0.15) is 0 Å². The van der Waals surface area contributed by atoms with Gasteiger partial charge in [-0.15, -0.1) is 0 Å². The van der Waals surface area contributed by atoms with Crippen molar-refractivity contribution in [2.24, 2.45) is 11.8 Å². The molecule has 0 amide bonds. The van der Waals surface area contributed by atoms with Gasteiger partial charge in [0, 0.05) is 10.9 Å². The van der Waals surface area contributed by atoms with Gasteiger partial charge in [-0.05, 0) is 49.3 Å². The number of benzene rings is 1. The number of fused-ring (bicyclic) bond motifs is 1. The molecular weight excluding hydrogens is 254 g/mol. The number of nitrogen functional groups attached to an aromatic ring is 1. The summed E-state index contributed by atoms with van der Waals surface area (Å²) in [4.78, 5) is 8.04. The average Bonchev–Trinajstić information content (AvgIpc) is 2.68. The molecule has 102 valence electrons. The van der Waals surface area contributed by atoms with Crippen LogP contribution in [0.15, 0.2) is 23.4 Å². The molecule has 3 rings (SSSR count). The highest BCUT2D eigenvalue weighted by Gasteiger charge is 2.25. The fourth-order valence-corrected chi connectivity index (χ4v) is 4.67. The Balaban J connectivity index is 1.77. The van der Waals surface area contributed by atoms with Crippen LogP contribution in [0, 0.1) is 11.8 Å². The summed E-state index contributed by atoms with van der Waals surface area (Å²) >= 11 is 1.90. The molecule has 3 N–H and O–H groups in total. The highest BCUT2D eigenvalue weighted by atomic mass is 32.2. The molecular formula is C15H21N3S. The molecule has 19 heavy (non-hydrogen) atoms. The lowest BCUT2D eigenvalue weighted by Crippen LogP contribution is -2.21. The highest BCUT2D eigenvalue weighted by Crippen LogP contribution is 2.38. The lowest BCUT2D eigenvalue weighted by Gasteiger charge is -2.30. The molecule has 1 aliphatic carbocycles. The molecule has 0 spiro atoms. The van der Waals surface area contributed by atoms with Gasteiger partial charge in [-0.1, -0.05) is 25.6 Å². The zero-order chi connectivity index (χ0) is 13.4. The van der Waals surface area contributed by atoms with E-state index in [1.165, 1.54) is 19.3 Å². The number of anilines is 1. The second-order valence-electron chi connectivity index (χ2n) is 5.98. The van der Waals surface area contributed by atoms with Crippen LogP contribution in [0.4, 0.5) is 5.69 Å². The summed E-state index contributed by atoms with van der Waals surface area (Å²) < 4.78 is 0. The van der Waals surface area contributed by atoms with Crippen LogP contribution in [0.1, 0.15) is 33.1 Å². The Labute approximate surface area is 118 Å². The van der Waals surface area contributed by atoms with Crippen LogP contribution < -0.4 is 5.73 Å². The van der Waals surface area contributed by atoms with Crippen molar-refractivity contribution in [3.8, 4) is 0 Å². The van der Waals surface area contributed by atoms with Crippen molar-refractivity contribution in [1.29, 1.82) is 0 Å². The lowest BCUT2D eigenvalue weighted by molar-refractivity contribution is 0.308. The molecule has 1 aromatic carbocycles. The van der Waals surface area contributed by atoms with E-state index in [4.69, 9.17) is 5.73 Å². The third-order valence-electron chi connectivity index (χ3n) is 3.90. The Morgan fingerprint density at radius 1 is 1.21 bits per heavy atom. The molecule has 2 atom stereocenters. The Morgan fingerprint density at radius 3 is 2.68 bits per heavy atom. The lowest BCUT2D eigenvalue weighted by atomic mass is 9.83. The minimum Gasteiger partial charge on any atom is -0.399 e. The molecule has 1 fully saturated rings. The molecule has 1 aliphatic rings. The molecule has 0 saturated heterocycles. The third-order valence-corrected chi connectivity index (χ3v) is 5.03. The maximum atomic E-state index is 5.80. The van der Waals surface area contributed by atoms with E-state index in [2.05, 4.69) is 23.8 Å². The summed E-state index contributed by atoms with van der Waals surface area (Å²) in [7, 11) is 0. The predicted molar refractivity (Wildman–Crippen MR) is 82.3 cm³/mol. The minimum absolute atomic E-state index is 0.691.